The SMILES string of the molecule is COCCCN(C)c1nc(COC)c(CNCC(C)C)s1. The third-order valence-electron chi connectivity index (χ3n) is 3.05. The first-order valence-corrected chi connectivity index (χ1v) is 8.28. The van der Waals surface area contributed by atoms with Gasteiger partial charge in [0.2, 0.25) is 0 Å². The molecule has 1 heterocycles. The van der Waals surface area contributed by atoms with E-state index in [4.69, 9.17) is 14.5 Å². The zero-order valence-corrected chi connectivity index (χ0v) is 14.8. The molecule has 21 heavy (non-hydrogen) atoms. The number of rotatable bonds is 11. The largest absolute Gasteiger partial charge is 0.385 e. The molecule has 0 radical (unpaired) electrons. The molecule has 0 amide bonds. The van der Waals surface area contributed by atoms with E-state index in [-0.39, 0.29) is 0 Å². The highest BCUT2D eigenvalue weighted by molar-refractivity contribution is 7.15. The van der Waals surface area contributed by atoms with Crippen molar-refractivity contribution >= 4 is 16.5 Å². The zero-order chi connectivity index (χ0) is 15.7. The van der Waals surface area contributed by atoms with E-state index in [2.05, 4.69) is 31.1 Å². The maximum absolute atomic E-state index is 5.27. The Bertz CT molecular complexity index is 396. The monoisotopic (exact) mass is 315 g/mol. The Morgan fingerprint density at radius 2 is 2.05 bits per heavy atom. The summed E-state index contributed by atoms with van der Waals surface area (Å²) in [6.07, 6.45) is 1.01. The second-order valence-corrected chi connectivity index (χ2v) is 6.65. The van der Waals surface area contributed by atoms with Crippen LogP contribution in [0.1, 0.15) is 30.8 Å². The van der Waals surface area contributed by atoms with E-state index in [1.54, 1.807) is 25.6 Å². The van der Waals surface area contributed by atoms with Crippen LogP contribution in [0.3, 0.4) is 0 Å². The van der Waals surface area contributed by atoms with Crippen LogP contribution in [-0.4, -0.2) is 45.9 Å². The van der Waals surface area contributed by atoms with Gasteiger partial charge in [-0.15, -0.1) is 11.3 Å². The summed E-state index contributed by atoms with van der Waals surface area (Å²) in [6.45, 7) is 8.61. The summed E-state index contributed by atoms with van der Waals surface area (Å²) >= 11 is 1.75. The Morgan fingerprint density at radius 3 is 2.67 bits per heavy atom. The molecule has 0 saturated heterocycles. The van der Waals surface area contributed by atoms with Crippen molar-refractivity contribution in [3.05, 3.63) is 10.6 Å². The van der Waals surface area contributed by atoms with Gasteiger partial charge in [-0.3, -0.25) is 0 Å². The topological polar surface area (TPSA) is 46.6 Å². The normalized spacial score (nSPS) is 11.3. The van der Waals surface area contributed by atoms with Gasteiger partial charge in [-0.25, -0.2) is 4.98 Å². The molecule has 0 aliphatic heterocycles. The number of anilines is 1. The summed E-state index contributed by atoms with van der Waals surface area (Å²) in [5.74, 6) is 0.653. The van der Waals surface area contributed by atoms with Gasteiger partial charge in [0, 0.05) is 45.8 Å². The first-order chi connectivity index (χ1) is 10.1. The second kappa shape index (κ2) is 10.1. The van der Waals surface area contributed by atoms with Crippen molar-refractivity contribution in [3.63, 3.8) is 0 Å². The van der Waals surface area contributed by atoms with Gasteiger partial charge in [-0.2, -0.15) is 0 Å². The molecule has 0 aliphatic carbocycles. The van der Waals surface area contributed by atoms with Crippen LogP contribution in [0.2, 0.25) is 0 Å². The predicted molar refractivity (Wildman–Crippen MR) is 89.1 cm³/mol. The van der Waals surface area contributed by atoms with Gasteiger partial charge in [0.1, 0.15) is 0 Å². The maximum atomic E-state index is 5.27. The lowest BCUT2D eigenvalue weighted by Crippen LogP contribution is -2.19. The molecule has 1 aromatic heterocycles. The summed E-state index contributed by atoms with van der Waals surface area (Å²) in [6, 6.07) is 0. The van der Waals surface area contributed by atoms with Gasteiger partial charge in [0.25, 0.3) is 0 Å². The van der Waals surface area contributed by atoms with Crippen LogP contribution in [0.4, 0.5) is 5.13 Å². The number of ether oxygens (including phenoxy) is 2. The van der Waals surface area contributed by atoms with Gasteiger partial charge in [0.15, 0.2) is 5.13 Å². The highest BCUT2D eigenvalue weighted by Gasteiger charge is 2.13. The fourth-order valence-electron chi connectivity index (χ4n) is 1.94. The van der Waals surface area contributed by atoms with E-state index < -0.39 is 0 Å². The molecule has 1 N–H and O–H groups in total. The average Bonchev–Trinajstić information content (AvgIpc) is 2.82. The molecule has 122 valence electrons. The summed E-state index contributed by atoms with van der Waals surface area (Å²) in [4.78, 5) is 8.17. The number of aromatic nitrogens is 1. The molecule has 5 nitrogen and oxygen atoms in total. The molecule has 0 aromatic carbocycles. The number of nitrogens with one attached hydrogen (secondary N) is 1. The maximum Gasteiger partial charge on any atom is 0.185 e. The Balaban J connectivity index is 2.63. The van der Waals surface area contributed by atoms with Crippen molar-refractivity contribution in [1.82, 2.24) is 10.3 Å². The number of nitrogens with zero attached hydrogens (tertiary/aromatic N) is 2. The third-order valence-corrected chi connectivity index (χ3v) is 4.27. The molecular weight excluding hydrogens is 286 g/mol. The van der Waals surface area contributed by atoms with Gasteiger partial charge < -0.3 is 19.7 Å². The minimum Gasteiger partial charge on any atom is -0.385 e. The first-order valence-electron chi connectivity index (χ1n) is 7.46. The predicted octanol–water partition coefficient (Wildman–Crippen LogP) is 2.51. The third kappa shape index (κ3) is 6.74. The summed E-state index contributed by atoms with van der Waals surface area (Å²) in [5.41, 5.74) is 1.05. The molecule has 0 unspecified atom stereocenters. The van der Waals surface area contributed by atoms with Crippen molar-refractivity contribution < 1.29 is 9.47 Å². The van der Waals surface area contributed by atoms with Gasteiger partial charge >= 0.3 is 0 Å². The van der Waals surface area contributed by atoms with E-state index >= 15 is 0 Å². The number of thiazole rings is 1. The average molecular weight is 315 g/mol. The minimum absolute atomic E-state index is 0.571. The molecule has 1 aromatic rings. The molecule has 0 saturated carbocycles. The van der Waals surface area contributed by atoms with Crippen molar-refractivity contribution in [2.24, 2.45) is 5.92 Å². The Labute approximate surface area is 132 Å². The van der Waals surface area contributed by atoms with Crippen molar-refractivity contribution in [1.29, 1.82) is 0 Å². The number of hydrogen-bond acceptors (Lipinski definition) is 6. The van der Waals surface area contributed by atoms with E-state index in [1.807, 2.05) is 0 Å². The van der Waals surface area contributed by atoms with Crippen LogP contribution in [0.15, 0.2) is 0 Å². The summed E-state index contributed by atoms with van der Waals surface area (Å²) in [7, 11) is 5.53. The fraction of sp³-hybridized carbons (Fsp3) is 0.800. The van der Waals surface area contributed by atoms with Crippen LogP contribution >= 0.6 is 11.3 Å². The Kier molecular flexibility index (Phi) is 8.84. The van der Waals surface area contributed by atoms with E-state index in [1.165, 1.54) is 4.88 Å². The van der Waals surface area contributed by atoms with Gasteiger partial charge in [0.05, 0.1) is 12.3 Å². The second-order valence-electron chi connectivity index (χ2n) is 5.59. The van der Waals surface area contributed by atoms with Crippen LogP contribution in [0.5, 0.6) is 0 Å². The van der Waals surface area contributed by atoms with Crippen molar-refractivity contribution in [2.45, 2.75) is 33.4 Å². The lowest BCUT2D eigenvalue weighted by Gasteiger charge is -2.14. The zero-order valence-electron chi connectivity index (χ0n) is 13.9. The molecule has 0 aliphatic rings. The Morgan fingerprint density at radius 1 is 1.29 bits per heavy atom. The van der Waals surface area contributed by atoms with Crippen LogP contribution in [-0.2, 0) is 22.6 Å². The fourth-order valence-corrected chi connectivity index (χ4v) is 2.96. The summed E-state index contributed by atoms with van der Waals surface area (Å²) < 4.78 is 10.4. The number of hydrogen-bond donors (Lipinski definition) is 1. The van der Waals surface area contributed by atoms with Crippen LogP contribution < -0.4 is 10.2 Å². The van der Waals surface area contributed by atoms with Crippen LogP contribution in [0.25, 0.3) is 0 Å². The number of methoxy groups -OCH3 is 2. The van der Waals surface area contributed by atoms with Gasteiger partial charge in [-0.05, 0) is 18.9 Å². The highest BCUT2D eigenvalue weighted by atomic mass is 32.1. The molecule has 1 rings (SSSR count). The smallest absolute Gasteiger partial charge is 0.185 e. The molecular formula is C15H29N3O2S. The lowest BCUT2D eigenvalue weighted by molar-refractivity contribution is 0.181. The molecule has 6 heteroatoms. The minimum atomic E-state index is 0.571. The van der Waals surface area contributed by atoms with Crippen molar-refractivity contribution in [3.8, 4) is 0 Å². The molecule has 0 bridgehead atoms. The molecule has 0 fully saturated rings. The summed E-state index contributed by atoms with van der Waals surface area (Å²) in [5, 5.41) is 4.54. The lowest BCUT2D eigenvalue weighted by atomic mass is 10.2. The van der Waals surface area contributed by atoms with Gasteiger partial charge in [-0.1, -0.05) is 13.8 Å². The van der Waals surface area contributed by atoms with Crippen LogP contribution in [0, 0.1) is 5.92 Å². The quantitative estimate of drug-likeness (QED) is 0.636. The first kappa shape index (κ1) is 18.4. The van der Waals surface area contributed by atoms with Crippen molar-refractivity contribution in [2.75, 3.05) is 45.9 Å². The Hall–Kier alpha value is -0.690. The van der Waals surface area contributed by atoms with E-state index in [0.717, 1.165) is 43.5 Å². The molecule has 0 spiro atoms. The highest BCUT2D eigenvalue weighted by Crippen LogP contribution is 2.26. The molecule has 0 atom stereocenters. The standard InChI is InChI=1S/C15H29N3O2S/c1-12(2)9-16-10-14-13(11-20-5)17-15(21-14)18(3)7-6-8-19-4/h12,16H,6-11H2,1-5H3. The van der Waals surface area contributed by atoms with E-state index in [0.29, 0.717) is 12.5 Å². The van der Waals surface area contributed by atoms with E-state index in [9.17, 15) is 0 Å².